The van der Waals surface area contributed by atoms with Crippen molar-refractivity contribution in [2.45, 2.75) is 25.3 Å². The molecule has 0 radical (unpaired) electrons. The molecule has 1 aliphatic rings. The molecule has 0 fully saturated rings. The van der Waals surface area contributed by atoms with E-state index < -0.39 is 0 Å². The van der Waals surface area contributed by atoms with Gasteiger partial charge in [0, 0.05) is 19.5 Å². The van der Waals surface area contributed by atoms with Gasteiger partial charge in [-0.2, -0.15) is 5.10 Å². The van der Waals surface area contributed by atoms with Gasteiger partial charge >= 0.3 is 0 Å². The van der Waals surface area contributed by atoms with Crippen molar-refractivity contribution < 1.29 is 0 Å². The van der Waals surface area contributed by atoms with Crippen LogP contribution in [-0.4, -0.2) is 20.8 Å². The van der Waals surface area contributed by atoms with Crippen LogP contribution in [0.15, 0.2) is 18.0 Å². The minimum atomic E-state index is 0.253. The van der Waals surface area contributed by atoms with Crippen molar-refractivity contribution in [3.8, 4) is 0 Å². The lowest BCUT2D eigenvalue weighted by molar-refractivity contribution is 0.705. The molecule has 1 atom stereocenters. The van der Waals surface area contributed by atoms with Crippen LogP contribution in [0.4, 0.5) is 0 Å². The lowest BCUT2D eigenvalue weighted by Crippen LogP contribution is -2.11. The first-order valence-corrected chi connectivity index (χ1v) is 4.54. The minimum absolute atomic E-state index is 0.253. The number of aromatic nitrogens is 3. The van der Waals surface area contributed by atoms with Crippen LogP contribution in [0, 0.1) is 0 Å². The fourth-order valence-corrected chi connectivity index (χ4v) is 1.65. The maximum absolute atomic E-state index is 5.77. The topological polar surface area (TPSA) is 56.7 Å². The van der Waals surface area contributed by atoms with E-state index in [4.69, 9.17) is 5.73 Å². The number of hydrogen-bond donors (Lipinski definition) is 1. The van der Waals surface area contributed by atoms with E-state index in [2.05, 4.69) is 16.2 Å². The lowest BCUT2D eigenvalue weighted by atomic mass is 10.1. The van der Waals surface area contributed by atoms with Crippen LogP contribution < -0.4 is 5.73 Å². The van der Waals surface area contributed by atoms with E-state index >= 15 is 0 Å². The standard InChI is InChI=1S/C9H14N4/c1-13-9(11-6-12-13)5-7-2-3-8(10)4-7/h4,6,8H,2-3,5,10H2,1H3. The summed E-state index contributed by atoms with van der Waals surface area (Å²) in [6, 6.07) is 0.253. The Morgan fingerprint density at radius 3 is 3.08 bits per heavy atom. The molecule has 0 saturated heterocycles. The second-order valence-electron chi connectivity index (χ2n) is 3.50. The van der Waals surface area contributed by atoms with Gasteiger partial charge in [0.2, 0.25) is 0 Å². The van der Waals surface area contributed by atoms with Gasteiger partial charge in [0.15, 0.2) is 0 Å². The maximum atomic E-state index is 5.77. The first-order valence-electron chi connectivity index (χ1n) is 4.54. The summed E-state index contributed by atoms with van der Waals surface area (Å²) < 4.78 is 1.81. The third-order valence-corrected chi connectivity index (χ3v) is 2.44. The van der Waals surface area contributed by atoms with Crippen molar-refractivity contribution in [1.29, 1.82) is 0 Å². The number of hydrogen-bond acceptors (Lipinski definition) is 3. The predicted molar refractivity (Wildman–Crippen MR) is 50.0 cm³/mol. The Hall–Kier alpha value is -1.16. The van der Waals surface area contributed by atoms with Gasteiger partial charge in [-0.3, -0.25) is 4.68 Å². The average molecular weight is 178 g/mol. The summed E-state index contributed by atoms with van der Waals surface area (Å²) in [4.78, 5) is 4.17. The average Bonchev–Trinajstić information content (AvgIpc) is 2.64. The Morgan fingerprint density at radius 2 is 2.54 bits per heavy atom. The molecule has 0 amide bonds. The van der Waals surface area contributed by atoms with Crippen LogP contribution in [0.5, 0.6) is 0 Å². The third kappa shape index (κ3) is 1.78. The van der Waals surface area contributed by atoms with Gasteiger partial charge in [0.25, 0.3) is 0 Å². The summed E-state index contributed by atoms with van der Waals surface area (Å²) >= 11 is 0. The molecule has 1 aromatic heterocycles. The molecule has 4 heteroatoms. The van der Waals surface area contributed by atoms with E-state index in [-0.39, 0.29) is 6.04 Å². The maximum Gasteiger partial charge on any atom is 0.138 e. The highest BCUT2D eigenvalue weighted by Gasteiger charge is 2.13. The van der Waals surface area contributed by atoms with Crippen molar-refractivity contribution in [3.63, 3.8) is 0 Å². The highest BCUT2D eigenvalue weighted by atomic mass is 15.3. The van der Waals surface area contributed by atoms with Crippen molar-refractivity contribution in [2.24, 2.45) is 12.8 Å². The van der Waals surface area contributed by atoms with E-state index in [1.54, 1.807) is 6.33 Å². The fourth-order valence-electron chi connectivity index (χ4n) is 1.65. The van der Waals surface area contributed by atoms with E-state index in [9.17, 15) is 0 Å². The molecule has 0 aromatic carbocycles. The SMILES string of the molecule is Cn1ncnc1CC1=CC(N)CC1. The highest BCUT2D eigenvalue weighted by molar-refractivity contribution is 5.17. The molecule has 1 aliphatic carbocycles. The molecule has 0 aliphatic heterocycles. The van der Waals surface area contributed by atoms with Crippen LogP contribution >= 0.6 is 0 Å². The molecule has 2 N–H and O–H groups in total. The van der Waals surface area contributed by atoms with Gasteiger partial charge < -0.3 is 5.73 Å². The lowest BCUT2D eigenvalue weighted by Gasteiger charge is -1.99. The van der Waals surface area contributed by atoms with Gasteiger partial charge in [0.05, 0.1) is 0 Å². The van der Waals surface area contributed by atoms with Crippen molar-refractivity contribution >= 4 is 0 Å². The van der Waals surface area contributed by atoms with Gasteiger partial charge in [-0.15, -0.1) is 0 Å². The second kappa shape index (κ2) is 3.30. The number of aryl methyl sites for hydroxylation is 1. The summed E-state index contributed by atoms with van der Waals surface area (Å²) in [7, 11) is 1.91. The Labute approximate surface area is 77.5 Å². The molecule has 4 nitrogen and oxygen atoms in total. The Bertz CT molecular complexity index is 326. The number of rotatable bonds is 2. The Kier molecular flexibility index (Phi) is 2.14. The molecule has 0 spiro atoms. The summed E-state index contributed by atoms with van der Waals surface area (Å²) in [5, 5.41) is 4.02. The van der Waals surface area contributed by atoms with Crippen LogP contribution in [0.1, 0.15) is 18.7 Å². The van der Waals surface area contributed by atoms with Gasteiger partial charge in [0.1, 0.15) is 12.2 Å². The summed E-state index contributed by atoms with van der Waals surface area (Å²) in [5.41, 5.74) is 7.17. The van der Waals surface area contributed by atoms with Crippen molar-refractivity contribution in [2.75, 3.05) is 0 Å². The molecule has 0 bridgehead atoms. The van der Waals surface area contributed by atoms with Gasteiger partial charge in [-0.25, -0.2) is 4.98 Å². The fraction of sp³-hybridized carbons (Fsp3) is 0.556. The quantitative estimate of drug-likeness (QED) is 0.667. The van der Waals surface area contributed by atoms with Crippen LogP contribution in [0.3, 0.4) is 0 Å². The molecule has 0 saturated carbocycles. The molecule has 70 valence electrons. The molecule has 1 unspecified atom stereocenters. The molecular formula is C9H14N4. The van der Waals surface area contributed by atoms with Gasteiger partial charge in [-0.05, 0) is 12.8 Å². The van der Waals surface area contributed by atoms with Crippen molar-refractivity contribution in [1.82, 2.24) is 14.8 Å². The molecule has 2 rings (SSSR count). The third-order valence-electron chi connectivity index (χ3n) is 2.44. The largest absolute Gasteiger partial charge is 0.324 e. The highest BCUT2D eigenvalue weighted by Crippen LogP contribution is 2.19. The first-order chi connectivity index (χ1) is 6.25. The van der Waals surface area contributed by atoms with E-state index in [0.717, 1.165) is 25.1 Å². The summed E-state index contributed by atoms with van der Waals surface area (Å²) in [5.74, 6) is 1.01. The number of allylic oxidation sites excluding steroid dienone is 1. The second-order valence-corrected chi connectivity index (χ2v) is 3.50. The molecule has 13 heavy (non-hydrogen) atoms. The summed E-state index contributed by atoms with van der Waals surface area (Å²) in [6.45, 7) is 0. The van der Waals surface area contributed by atoms with E-state index in [1.807, 2.05) is 11.7 Å². The van der Waals surface area contributed by atoms with Crippen LogP contribution in [0.2, 0.25) is 0 Å². The molecule has 1 heterocycles. The van der Waals surface area contributed by atoms with E-state index in [1.165, 1.54) is 5.57 Å². The smallest absolute Gasteiger partial charge is 0.138 e. The monoisotopic (exact) mass is 178 g/mol. The number of nitrogens with zero attached hydrogens (tertiary/aromatic N) is 3. The van der Waals surface area contributed by atoms with Crippen LogP contribution in [-0.2, 0) is 13.5 Å². The number of nitrogens with two attached hydrogens (primary N) is 1. The Balaban J connectivity index is 2.07. The van der Waals surface area contributed by atoms with E-state index in [0.29, 0.717) is 0 Å². The molecular weight excluding hydrogens is 164 g/mol. The zero-order valence-electron chi connectivity index (χ0n) is 7.77. The van der Waals surface area contributed by atoms with Gasteiger partial charge in [-0.1, -0.05) is 11.6 Å². The molecule has 1 aromatic rings. The minimum Gasteiger partial charge on any atom is -0.324 e. The zero-order chi connectivity index (χ0) is 9.26. The Morgan fingerprint density at radius 1 is 1.69 bits per heavy atom. The first kappa shape index (κ1) is 8.44. The van der Waals surface area contributed by atoms with Crippen LogP contribution in [0.25, 0.3) is 0 Å². The predicted octanol–water partition coefficient (Wildman–Crippen LogP) is 0.405. The normalized spacial score (nSPS) is 22.0. The van der Waals surface area contributed by atoms with Crippen molar-refractivity contribution in [3.05, 3.63) is 23.8 Å². The zero-order valence-corrected chi connectivity index (χ0v) is 7.77. The summed E-state index contributed by atoms with van der Waals surface area (Å²) in [6.07, 6.45) is 6.81.